The lowest BCUT2D eigenvalue weighted by atomic mass is 9.94. The number of hydrogen-bond donors (Lipinski definition) is 2. The lowest BCUT2D eigenvalue weighted by molar-refractivity contribution is -0.117. The molecule has 1 rings (SSSR count). The lowest BCUT2D eigenvalue weighted by Gasteiger charge is -2.15. The van der Waals surface area contributed by atoms with Gasteiger partial charge in [0.1, 0.15) is 0 Å². The zero-order chi connectivity index (χ0) is 12.8. The zero-order valence-electron chi connectivity index (χ0n) is 10.1. The summed E-state index contributed by atoms with van der Waals surface area (Å²) in [6, 6.07) is 0. The number of nitrogens with one attached hydrogen (secondary N) is 1. The van der Waals surface area contributed by atoms with Gasteiger partial charge in [0.05, 0.1) is 9.98 Å². The molecule has 0 aromatic carbocycles. The van der Waals surface area contributed by atoms with Crippen molar-refractivity contribution in [2.45, 2.75) is 26.7 Å². The molecule has 0 bridgehead atoms. The highest BCUT2D eigenvalue weighted by Crippen LogP contribution is 2.23. The monoisotopic (exact) mass is 319 g/mol. The van der Waals surface area contributed by atoms with E-state index in [0.29, 0.717) is 24.0 Å². The average Bonchev–Trinajstić information content (AvgIpc) is 2.62. The van der Waals surface area contributed by atoms with E-state index in [0.717, 1.165) is 10.2 Å². The minimum Gasteiger partial charge on any atom is -0.330 e. The number of halogens is 1. The van der Waals surface area contributed by atoms with Crippen LogP contribution < -0.4 is 11.1 Å². The summed E-state index contributed by atoms with van der Waals surface area (Å²) in [5.74, 6) is 0.798. The molecule has 1 unspecified atom stereocenters. The Kier molecular flexibility index (Phi) is 6.08. The molecule has 0 spiro atoms. The van der Waals surface area contributed by atoms with Crippen LogP contribution in [0.5, 0.6) is 0 Å². The van der Waals surface area contributed by atoms with Crippen molar-refractivity contribution in [1.82, 2.24) is 4.98 Å². The topological polar surface area (TPSA) is 68.0 Å². The van der Waals surface area contributed by atoms with Crippen molar-refractivity contribution >= 4 is 38.3 Å². The molecular formula is C11H18BrN3OS. The van der Waals surface area contributed by atoms with Crippen molar-refractivity contribution in [2.24, 2.45) is 17.6 Å². The molecule has 17 heavy (non-hydrogen) atoms. The van der Waals surface area contributed by atoms with E-state index in [1.807, 2.05) is 0 Å². The summed E-state index contributed by atoms with van der Waals surface area (Å²) in [6.45, 7) is 4.82. The lowest BCUT2D eigenvalue weighted by Crippen LogP contribution is -2.23. The number of anilines is 1. The van der Waals surface area contributed by atoms with Crippen molar-refractivity contribution in [3.63, 3.8) is 0 Å². The molecule has 0 radical (unpaired) electrons. The highest BCUT2D eigenvalue weighted by atomic mass is 79.9. The van der Waals surface area contributed by atoms with E-state index < -0.39 is 0 Å². The molecule has 0 aliphatic carbocycles. The number of carbonyl (C=O) groups excluding carboxylic acids is 1. The second kappa shape index (κ2) is 7.08. The standard InChI is InChI=1S/C11H18BrN3OS/c1-7(2)3-8(5-13)4-10(16)15-11-14-6-9(12)17-11/h6-8H,3-5,13H2,1-2H3,(H,14,15,16). The second-order valence-corrected chi connectivity index (χ2v) is 6.86. The highest BCUT2D eigenvalue weighted by Gasteiger charge is 2.15. The van der Waals surface area contributed by atoms with Gasteiger partial charge in [0, 0.05) is 6.42 Å². The highest BCUT2D eigenvalue weighted by molar-refractivity contribution is 9.11. The Morgan fingerprint density at radius 1 is 1.65 bits per heavy atom. The van der Waals surface area contributed by atoms with Crippen LogP contribution >= 0.6 is 27.3 Å². The maximum atomic E-state index is 11.8. The number of rotatable bonds is 6. The van der Waals surface area contributed by atoms with Crippen LogP contribution in [0.25, 0.3) is 0 Å². The van der Waals surface area contributed by atoms with Gasteiger partial charge in [-0.1, -0.05) is 25.2 Å². The summed E-state index contributed by atoms with van der Waals surface area (Å²) in [6.07, 6.45) is 3.12. The van der Waals surface area contributed by atoms with Crippen LogP contribution in [0.1, 0.15) is 26.7 Å². The van der Waals surface area contributed by atoms with Crippen molar-refractivity contribution in [3.8, 4) is 0 Å². The maximum absolute atomic E-state index is 11.8. The Bertz CT molecular complexity index is 367. The molecule has 0 saturated carbocycles. The molecule has 96 valence electrons. The Balaban J connectivity index is 2.42. The maximum Gasteiger partial charge on any atom is 0.226 e. The summed E-state index contributed by atoms with van der Waals surface area (Å²) >= 11 is 4.71. The van der Waals surface area contributed by atoms with Crippen molar-refractivity contribution in [1.29, 1.82) is 0 Å². The molecule has 1 amide bonds. The third-order valence-electron chi connectivity index (χ3n) is 2.34. The van der Waals surface area contributed by atoms with Crippen LogP contribution in [0.4, 0.5) is 5.13 Å². The van der Waals surface area contributed by atoms with E-state index in [9.17, 15) is 4.79 Å². The third kappa shape index (κ3) is 5.61. The first kappa shape index (κ1) is 14.6. The number of thiazole rings is 1. The predicted molar refractivity (Wildman–Crippen MR) is 75.1 cm³/mol. The first-order valence-electron chi connectivity index (χ1n) is 5.62. The molecule has 0 aliphatic heterocycles. The van der Waals surface area contributed by atoms with E-state index >= 15 is 0 Å². The van der Waals surface area contributed by atoms with Crippen molar-refractivity contribution in [2.75, 3.05) is 11.9 Å². The van der Waals surface area contributed by atoms with Gasteiger partial charge in [0.2, 0.25) is 5.91 Å². The van der Waals surface area contributed by atoms with Crippen LogP contribution in [-0.4, -0.2) is 17.4 Å². The van der Waals surface area contributed by atoms with E-state index in [1.165, 1.54) is 11.3 Å². The van der Waals surface area contributed by atoms with Gasteiger partial charge in [0.15, 0.2) is 5.13 Å². The summed E-state index contributed by atoms with van der Waals surface area (Å²) in [5.41, 5.74) is 5.67. The van der Waals surface area contributed by atoms with Gasteiger partial charge in [-0.2, -0.15) is 0 Å². The number of nitrogens with zero attached hydrogens (tertiary/aromatic N) is 1. The van der Waals surface area contributed by atoms with Gasteiger partial charge in [-0.15, -0.1) is 0 Å². The number of hydrogen-bond acceptors (Lipinski definition) is 4. The first-order valence-corrected chi connectivity index (χ1v) is 7.23. The van der Waals surface area contributed by atoms with Gasteiger partial charge in [-0.05, 0) is 40.7 Å². The molecule has 3 N–H and O–H groups in total. The van der Waals surface area contributed by atoms with Crippen LogP contribution in [-0.2, 0) is 4.79 Å². The predicted octanol–water partition coefficient (Wildman–Crippen LogP) is 2.86. The zero-order valence-corrected chi connectivity index (χ0v) is 12.5. The normalized spacial score (nSPS) is 12.8. The summed E-state index contributed by atoms with van der Waals surface area (Å²) in [4.78, 5) is 15.8. The van der Waals surface area contributed by atoms with E-state index in [-0.39, 0.29) is 11.8 Å². The van der Waals surface area contributed by atoms with Gasteiger partial charge < -0.3 is 11.1 Å². The Hall–Kier alpha value is -0.460. The molecule has 1 atom stereocenters. The SMILES string of the molecule is CC(C)CC(CN)CC(=O)Nc1ncc(Br)s1. The van der Waals surface area contributed by atoms with Gasteiger partial charge in [0.25, 0.3) is 0 Å². The fourth-order valence-electron chi connectivity index (χ4n) is 1.67. The number of carbonyl (C=O) groups is 1. The minimum absolute atomic E-state index is 0.0112. The first-order chi connectivity index (χ1) is 8.01. The van der Waals surface area contributed by atoms with Crippen LogP contribution in [0.3, 0.4) is 0 Å². The molecule has 0 aliphatic rings. The molecular weight excluding hydrogens is 302 g/mol. The van der Waals surface area contributed by atoms with E-state index in [4.69, 9.17) is 5.73 Å². The Labute approximate surface area is 114 Å². The molecule has 1 aromatic heterocycles. The van der Waals surface area contributed by atoms with Crippen LogP contribution in [0.15, 0.2) is 9.98 Å². The van der Waals surface area contributed by atoms with Crippen molar-refractivity contribution in [3.05, 3.63) is 9.98 Å². The summed E-state index contributed by atoms with van der Waals surface area (Å²) in [5, 5.41) is 3.41. The van der Waals surface area contributed by atoms with Gasteiger partial charge in [-0.3, -0.25) is 4.79 Å². The molecule has 4 nitrogen and oxygen atoms in total. The second-order valence-electron chi connectivity index (χ2n) is 4.45. The number of aromatic nitrogens is 1. The fraction of sp³-hybridized carbons (Fsp3) is 0.636. The number of amides is 1. The van der Waals surface area contributed by atoms with Gasteiger partial charge >= 0.3 is 0 Å². The molecule has 0 fully saturated rings. The molecule has 0 saturated heterocycles. The largest absolute Gasteiger partial charge is 0.330 e. The summed E-state index contributed by atoms with van der Waals surface area (Å²) < 4.78 is 0.908. The van der Waals surface area contributed by atoms with Crippen LogP contribution in [0.2, 0.25) is 0 Å². The van der Waals surface area contributed by atoms with Gasteiger partial charge in [-0.25, -0.2) is 4.98 Å². The number of nitrogens with two attached hydrogens (primary N) is 1. The van der Waals surface area contributed by atoms with E-state index in [1.54, 1.807) is 6.20 Å². The van der Waals surface area contributed by atoms with E-state index in [2.05, 4.69) is 40.1 Å². The average molecular weight is 320 g/mol. The quantitative estimate of drug-likeness (QED) is 0.847. The minimum atomic E-state index is -0.0112. The Morgan fingerprint density at radius 2 is 2.35 bits per heavy atom. The summed E-state index contributed by atoms with van der Waals surface area (Å²) in [7, 11) is 0. The molecule has 6 heteroatoms. The molecule has 1 heterocycles. The smallest absolute Gasteiger partial charge is 0.226 e. The van der Waals surface area contributed by atoms with Crippen LogP contribution in [0, 0.1) is 11.8 Å². The van der Waals surface area contributed by atoms with Crippen molar-refractivity contribution < 1.29 is 4.79 Å². The Morgan fingerprint density at radius 3 is 2.82 bits per heavy atom. The molecule has 1 aromatic rings. The third-order valence-corrected chi connectivity index (χ3v) is 3.73. The fourth-order valence-corrected chi connectivity index (χ4v) is 2.80.